The van der Waals surface area contributed by atoms with E-state index in [0.717, 1.165) is 17.9 Å². The first kappa shape index (κ1) is 19.6. The van der Waals surface area contributed by atoms with E-state index in [1.54, 1.807) is 18.3 Å². The predicted molar refractivity (Wildman–Crippen MR) is 99.5 cm³/mol. The molecule has 1 unspecified atom stereocenters. The van der Waals surface area contributed by atoms with Crippen molar-refractivity contribution in [3.8, 4) is 5.75 Å². The Balaban J connectivity index is 0.00000225. The number of amides is 1. The van der Waals surface area contributed by atoms with E-state index in [0.29, 0.717) is 23.9 Å². The lowest BCUT2D eigenvalue weighted by molar-refractivity contribution is -0.137. The minimum Gasteiger partial charge on any atom is -0.484 e. The van der Waals surface area contributed by atoms with Crippen LogP contribution in [0.2, 0.25) is 5.02 Å². The number of aryl methyl sites for hydroxylation is 2. The van der Waals surface area contributed by atoms with Gasteiger partial charge in [0, 0.05) is 44.1 Å². The minimum atomic E-state index is -0.0817. The summed E-state index contributed by atoms with van der Waals surface area (Å²) >= 11 is 6.01. The molecule has 1 amide bonds. The number of halogens is 2. The molecule has 25 heavy (non-hydrogen) atoms. The van der Waals surface area contributed by atoms with E-state index in [1.165, 1.54) is 0 Å². The smallest absolute Gasteiger partial charge is 0.261 e. The lowest BCUT2D eigenvalue weighted by Crippen LogP contribution is -2.50. The van der Waals surface area contributed by atoms with Crippen LogP contribution in [-0.2, 0) is 11.8 Å². The highest BCUT2D eigenvalue weighted by Gasteiger charge is 2.30. The molecular formula is C17H22Cl2N4O2. The predicted octanol–water partition coefficient (Wildman–Crippen LogP) is 2.36. The van der Waals surface area contributed by atoms with Crippen LogP contribution in [0.1, 0.15) is 17.4 Å². The third-order valence-electron chi connectivity index (χ3n) is 4.21. The average Bonchev–Trinajstić information content (AvgIpc) is 3.01. The number of ether oxygens (including phenoxy) is 1. The van der Waals surface area contributed by atoms with Crippen LogP contribution in [-0.4, -0.2) is 46.6 Å². The molecule has 1 aliphatic heterocycles. The summed E-state index contributed by atoms with van der Waals surface area (Å²) in [5.41, 5.74) is 0.926. The van der Waals surface area contributed by atoms with Crippen LogP contribution < -0.4 is 10.1 Å². The molecule has 1 atom stereocenters. The van der Waals surface area contributed by atoms with Crippen LogP contribution >= 0.6 is 24.0 Å². The minimum absolute atomic E-state index is 0. The maximum absolute atomic E-state index is 12.7. The number of aromatic nitrogens is 2. The number of hydrogen-bond acceptors (Lipinski definition) is 4. The highest BCUT2D eigenvalue weighted by Crippen LogP contribution is 2.23. The van der Waals surface area contributed by atoms with Crippen molar-refractivity contribution in [3.63, 3.8) is 0 Å². The Hall–Kier alpha value is -1.76. The van der Waals surface area contributed by atoms with Crippen LogP contribution in [0.25, 0.3) is 0 Å². The molecule has 0 aliphatic carbocycles. The quantitative estimate of drug-likeness (QED) is 0.878. The van der Waals surface area contributed by atoms with Gasteiger partial charge in [-0.05, 0) is 30.7 Å². The Morgan fingerprint density at radius 2 is 2.28 bits per heavy atom. The number of benzene rings is 1. The fourth-order valence-electron chi connectivity index (χ4n) is 2.87. The standard InChI is InChI=1S/C17H21ClN4O2.ClH/c1-12-9-13(3-4-14(12)18)24-11-16(23)22-8-5-19-10-15(22)17-20-6-7-21(17)2;/h3-4,6-7,9,15,19H,5,8,10-11H2,1-2H3;1H. The molecule has 1 aromatic heterocycles. The Labute approximate surface area is 158 Å². The molecule has 8 heteroatoms. The Morgan fingerprint density at radius 1 is 1.48 bits per heavy atom. The van der Waals surface area contributed by atoms with Gasteiger partial charge in [-0.2, -0.15) is 0 Å². The number of nitrogens with zero attached hydrogens (tertiary/aromatic N) is 3. The number of piperazine rings is 1. The second kappa shape index (κ2) is 8.56. The molecule has 1 aromatic carbocycles. The van der Waals surface area contributed by atoms with Crippen LogP contribution in [0.15, 0.2) is 30.6 Å². The van der Waals surface area contributed by atoms with Crippen molar-refractivity contribution in [2.75, 3.05) is 26.2 Å². The van der Waals surface area contributed by atoms with Crippen molar-refractivity contribution in [2.24, 2.45) is 7.05 Å². The summed E-state index contributed by atoms with van der Waals surface area (Å²) in [7, 11) is 1.94. The molecule has 136 valence electrons. The van der Waals surface area contributed by atoms with Crippen molar-refractivity contribution in [2.45, 2.75) is 13.0 Å². The van der Waals surface area contributed by atoms with Crippen molar-refractivity contribution >= 4 is 29.9 Å². The molecule has 1 saturated heterocycles. The molecule has 2 heterocycles. The maximum atomic E-state index is 12.7. The zero-order chi connectivity index (χ0) is 17.1. The van der Waals surface area contributed by atoms with Gasteiger partial charge >= 0.3 is 0 Å². The lowest BCUT2D eigenvalue weighted by atomic mass is 10.1. The number of imidazole rings is 1. The molecule has 0 saturated carbocycles. The van der Waals surface area contributed by atoms with Gasteiger partial charge in [0.15, 0.2) is 6.61 Å². The molecule has 1 N–H and O–H groups in total. The molecule has 1 fully saturated rings. The largest absolute Gasteiger partial charge is 0.484 e. The van der Waals surface area contributed by atoms with E-state index in [1.807, 2.05) is 35.7 Å². The monoisotopic (exact) mass is 384 g/mol. The van der Waals surface area contributed by atoms with E-state index in [2.05, 4.69) is 10.3 Å². The number of nitrogens with one attached hydrogen (secondary N) is 1. The van der Waals surface area contributed by atoms with Crippen LogP contribution in [0.5, 0.6) is 5.75 Å². The molecule has 0 bridgehead atoms. The van der Waals surface area contributed by atoms with E-state index < -0.39 is 0 Å². The molecule has 0 radical (unpaired) electrons. The molecule has 6 nitrogen and oxygen atoms in total. The first-order valence-electron chi connectivity index (χ1n) is 7.92. The number of carbonyl (C=O) groups is 1. The van der Waals surface area contributed by atoms with Gasteiger partial charge in [0.05, 0.1) is 0 Å². The third kappa shape index (κ3) is 4.45. The summed E-state index contributed by atoms with van der Waals surface area (Å²) in [5.74, 6) is 1.48. The van der Waals surface area contributed by atoms with Gasteiger partial charge < -0.3 is 19.5 Å². The first-order chi connectivity index (χ1) is 11.6. The van der Waals surface area contributed by atoms with Crippen molar-refractivity contribution in [1.82, 2.24) is 19.8 Å². The van der Waals surface area contributed by atoms with E-state index in [4.69, 9.17) is 16.3 Å². The highest BCUT2D eigenvalue weighted by molar-refractivity contribution is 6.31. The summed E-state index contributed by atoms with van der Waals surface area (Å²) in [6.07, 6.45) is 3.64. The van der Waals surface area contributed by atoms with Crippen molar-refractivity contribution in [1.29, 1.82) is 0 Å². The Kier molecular flexibility index (Phi) is 6.70. The second-order valence-corrected chi connectivity index (χ2v) is 6.31. The van der Waals surface area contributed by atoms with Crippen molar-refractivity contribution < 1.29 is 9.53 Å². The van der Waals surface area contributed by atoms with Gasteiger partial charge in [0.1, 0.15) is 17.6 Å². The first-order valence-corrected chi connectivity index (χ1v) is 8.30. The summed E-state index contributed by atoms with van der Waals surface area (Å²) in [4.78, 5) is 18.9. The van der Waals surface area contributed by atoms with Crippen molar-refractivity contribution in [3.05, 3.63) is 47.0 Å². The summed E-state index contributed by atoms with van der Waals surface area (Å²) < 4.78 is 7.60. The van der Waals surface area contributed by atoms with Gasteiger partial charge in [0.2, 0.25) is 0 Å². The zero-order valence-electron chi connectivity index (χ0n) is 14.2. The van der Waals surface area contributed by atoms with Crippen LogP contribution in [0.3, 0.4) is 0 Å². The fourth-order valence-corrected chi connectivity index (χ4v) is 2.98. The van der Waals surface area contributed by atoms with Crippen LogP contribution in [0.4, 0.5) is 0 Å². The SMILES string of the molecule is Cc1cc(OCC(=O)N2CCNCC2c2nccn2C)ccc1Cl.Cl. The number of rotatable bonds is 4. The van der Waals surface area contributed by atoms with Gasteiger partial charge in [-0.3, -0.25) is 4.79 Å². The van der Waals surface area contributed by atoms with Gasteiger partial charge in [0.25, 0.3) is 5.91 Å². The van der Waals surface area contributed by atoms with Crippen LogP contribution in [0, 0.1) is 6.92 Å². The third-order valence-corrected chi connectivity index (χ3v) is 4.64. The second-order valence-electron chi connectivity index (χ2n) is 5.90. The molecule has 2 aromatic rings. The average molecular weight is 385 g/mol. The van der Waals surface area contributed by atoms with E-state index in [9.17, 15) is 4.79 Å². The molecule has 3 rings (SSSR count). The fraction of sp³-hybridized carbons (Fsp3) is 0.412. The Morgan fingerprint density at radius 3 is 2.96 bits per heavy atom. The summed E-state index contributed by atoms with van der Waals surface area (Å²) in [6, 6.07) is 5.31. The highest BCUT2D eigenvalue weighted by atomic mass is 35.5. The number of hydrogen-bond donors (Lipinski definition) is 1. The molecular weight excluding hydrogens is 363 g/mol. The maximum Gasteiger partial charge on any atom is 0.261 e. The van der Waals surface area contributed by atoms with E-state index >= 15 is 0 Å². The molecule has 1 aliphatic rings. The Bertz CT molecular complexity index is 735. The van der Waals surface area contributed by atoms with Gasteiger partial charge in [-0.1, -0.05) is 11.6 Å². The number of carbonyl (C=O) groups excluding carboxylic acids is 1. The summed E-state index contributed by atoms with van der Waals surface area (Å²) in [6.45, 7) is 4.01. The lowest BCUT2D eigenvalue weighted by Gasteiger charge is -2.35. The topological polar surface area (TPSA) is 59.4 Å². The summed E-state index contributed by atoms with van der Waals surface area (Å²) in [5, 5.41) is 4.01. The van der Waals surface area contributed by atoms with Gasteiger partial charge in [-0.15, -0.1) is 12.4 Å². The normalized spacial score (nSPS) is 17.1. The van der Waals surface area contributed by atoms with E-state index in [-0.39, 0.29) is 31.0 Å². The molecule has 0 spiro atoms. The zero-order valence-corrected chi connectivity index (χ0v) is 15.8. The van der Waals surface area contributed by atoms with Gasteiger partial charge in [-0.25, -0.2) is 4.98 Å².